The summed E-state index contributed by atoms with van der Waals surface area (Å²) in [5, 5.41) is 0. The van der Waals surface area contributed by atoms with Crippen LogP contribution in [0.3, 0.4) is 0 Å². The molecule has 0 atom stereocenters. The molecule has 0 N–H and O–H groups in total. The van der Waals surface area contributed by atoms with Crippen molar-refractivity contribution in [1.29, 1.82) is 0 Å². The molecule has 0 amide bonds. The summed E-state index contributed by atoms with van der Waals surface area (Å²) in [4.78, 5) is 0. The van der Waals surface area contributed by atoms with Crippen molar-refractivity contribution in [1.82, 2.24) is 0 Å². The third kappa shape index (κ3) is 20.3. The zero-order chi connectivity index (χ0) is 22.9. The molecule has 188 valence electrons. The first-order valence-corrected chi connectivity index (χ1v) is 14.4. The molecule has 0 rings (SSSR count). The third-order valence-corrected chi connectivity index (χ3v) is 7.10. The van der Waals surface area contributed by atoms with Gasteiger partial charge in [-0.2, -0.15) is 0 Å². The highest BCUT2D eigenvalue weighted by Crippen LogP contribution is 2.27. The van der Waals surface area contributed by atoms with Gasteiger partial charge in [-0.1, -0.05) is 130 Å². The topological polar surface area (TPSA) is 18.5 Å². The predicted octanol–water partition coefficient (Wildman–Crippen LogP) is 9.89. The Kier molecular flexibility index (Phi) is 24.5. The average molecular weight is 441 g/mol. The number of hydrogen-bond acceptors (Lipinski definition) is 2. The second-order valence-electron chi connectivity index (χ2n) is 9.97. The molecule has 2 nitrogen and oxygen atoms in total. The van der Waals surface area contributed by atoms with Crippen molar-refractivity contribution in [3.63, 3.8) is 0 Å². The van der Waals surface area contributed by atoms with E-state index >= 15 is 0 Å². The largest absolute Gasteiger partial charge is 0.381 e. The minimum absolute atomic E-state index is 0.221. The molecule has 0 aromatic rings. The molecule has 0 aliphatic carbocycles. The maximum absolute atomic E-state index is 6.12. The van der Waals surface area contributed by atoms with Gasteiger partial charge in [-0.15, -0.1) is 0 Å². The lowest BCUT2D eigenvalue weighted by molar-refractivity contribution is -0.0288. The molecule has 0 unspecified atom stereocenters. The van der Waals surface area contributed by atoms with Gasteiger partial charge in [-0.05, 0) is 25.7 Å². The number of unbranched alkanes of at least 4 members (excludes halogenated alkanes) is 16. The Morgan fingerprint density at radius 2 is 0.677 bits per heavy atom. The fourth-order valence-corrected chi connectivity index (χ4v) is 4.31. The molecular weight excluding hydrogens is 380 g/mol. The van der Waals surface area contributed by atoms with Crippen LogP contribution in [0.2, 0.25) is 0 Å². The van der Waals surface area contributed by atoms with E-state index in [2.05, 4.69) is 27.7 Å². The Morgan fingerprint density at radius 3 is 0.968 bits per heavy atom. The van der Waals surface area contributed by atoms with Gasteiger partial charge >= 0.3 is 0 Å². The van der Waals surface area contributed by atoms with E-state index in [1.807, 2.05) is 0 Å². The molecule has 0 aliphatic heterocycles. The van der Waals surface area contributed by atoms with Gasteiger partial charge in [0.1, 0.15) is 0 Å². The third-order valence-electron chi connectivity index (χ3n) is 7.10. The van der Waals surface area contributed by atoms with E-state index < -0.39 is 0 Å². The second-order valence-corrected chi connectivity index (χ2v) is 9.97. The van der Waals surface area contributed by atoms with Gasteiger partial charge in [-0.25, -0.2) is 0 Å². The normalized spacial score (nSPS) is 12.0. The van der Waals surface area contributed by atoms with Gasteiger partial charge in [0, 0.05) is 18.6 Å². The minimum atomic E-state index is 0.221. The Labute approximate surface area is 197 Å². The Hall–Kier alpha value is -0.0800. The highest BCUT2D eigenvalue weighted by atomic mass is 16.5. The quantitative estimate of drug-likeness (QED) is 0.125. The molecule has 2 heteroatoms. The van der Waals surface area contributed by atoms with Crippen molar-refractivity contribution in [2.24, 2.45) is 5.41 Å². The van der Waals surface area contributed by atoms with Crippen LogP contribution in [0.15, 0.2) is 0 Å². The average Bonchev–Trinajstić information content (AvgIpc) is 2.79. The lowest BCUT2D eigenvalue weighted by Crippen LogP contribution is -2.31. The van der Waals surface area contributed by atoms with E-state index in [4.69, 9.17) is 9.47 Å². The Balaban J connectivity index is 3.60. The maximum Gasteiger partial charge on any atom is 0.0544 e. The summed E-state index contributed by atoms with van der Waals surface area (Å²) >= 11 is 0. The van der Waals surface area contributed by atoms with Crippen molar-refractivity contribution in [3.8, 4) is 0 Å². The molecule has 0 aromatic carbocycles. The number of hydrogen-bond donors (Lipinski definition) is 0. The van der Waals surface area contributed by atoms with E-state index in [9.17, 15) is 0 Å². The molecule has 0 spiro atoms. The van der Waals surface area contributed by atoms with Gasteiger partial charge in [0.2, 0.25) is 0 Å². The minimum Gasteiger partial charge on any atom is -0.381 e. The van der Waals surface area contributed by atoms with Crippen molar-refractivity contribution >= 4 is 0 Å². The lowest BCUT2D eigenvalue weighted by atomic mass is 9.84. The summed E-state index contributed by atoms with van der Waals surface area (Å²) in [6.07, 6.45) is 27.0. The Morgan fingerprint density at radius 1 is 0.387 bits per heavy atom. The molecule has 0 saturated heterocycles. The molecule has 0 saturated carbocycles. The zero-order valence-electron chi connectivity index (χ0n) is 22.3. The van der Waals surface area contributed by atoms with Crippen molar-refractivity contribution in [2.45, 2.75) is 156 Å². The standard InChI is InChI=1S/C29H60O2/c1-5-9-11-13-15-17-18-20-22-24-26-31-28-29(7-3,8-4)27-30-25-23-21-19-16-14-12-10-6-2/h5-28H2,1-4H3. The van der Waals surface area contributed by atoms with Gasteiger partial charge in [0.25, 0.3) is 0 Å². The second kappa shape index (κ2) is 24.6. The van der Waals surface area contributed by atoms with E-state index in [1.54, 1.807) is 0 Å². The first kappa shape index (κ1) is 30.9. The molecule has 0 aliphatic rings. The van der Waals surface area contributed by atoms with Crippen LogP contribution < -0.4 is 0 Å². The number of ether oxygens (including phenoxy) is 2. The predicted molar refractivity (Wildman–Crippen MR) is 139 cm³/mol. The first-order valence-electron chi connectivity index (χ1n) is 14.4. The fourth-order valence-electron chi connectivity index (χ4n) is 4.31. The Bertz CT molecular complexity index is 325. The van der Waals surface area contributed by atoms with Crippen LogP contribution in [-0.2, 0) is 9.47 Å². The molecule has 0 radical (unpaired) electrons. The smallest absolute Gasteiger partial charge is 0.0544 e. The van der Waals surface area contributed by atoms with E-state index in [-0.39, 0.29) is 5.41 Å². The van der Waals surface area contributed by atoms with E-state index in [0.717, 1.165) is 39.3 Å². The van der Waals surface area contributed by atoms with Gasteiger partial charge in [0.05, 0.1) is 13.2 Å². The van der Waals surface area contributed by atoms with E-state index in [1.165, 1.54) is 116 Å². The molecule has 0 aromatic heterocycles. The maximum atomic E-state index is 6.12. The molecule has 0 fully saturated rings. The van der Waals surface area contributed by atoms with Crippen LogP contribution in [0, 0.1) is 5.41 Å². The van der Waals surface area contributed by atoms with Crippen molar-refractivity contribution in [3.05, 3.63) is 0 Å². The van der Waals surface area contributed by atoms with Crippen LogP contribution >= 0.6 is 0 Å². The van der Waals surface area contributed by atoms with Crippen LogP contribution in [-0.4, -0.2) is 26.4 Å². The lowest BCUT2D eigenvalue weighted by Gasteiger charge is -2.31. The molecule has 31 heavy (non-hydrogen) atoms. The zero-order valence-corrected chi connectivity index (χ0v) is 22.3. The summed E-state index contributed by atoms with van der Waals surface area (Å²) in [6, 6.07) is 0. The SMILES string of the molecule is CCCCCCCCCCCCOCC(CC)(CC)COCCCCCCCCCC. The van der Waals surface area contributed by atoms with Gasteiger partial charge < -0.3 is 9.47 Å². The first-order chi connectivity index (χ1) is 15.2. The summed E-state index contributed by atoms with van der Waals surface area (Å²) < 4.78 is 12.2. The summed E-state index contributed by atoms with van der Waals surface area (Å²) in [6.45, 7) is 12.8. The fraction of sp³-hybridized carbons (Fsp3) is 1.00. The summed E-state index contributed by atoms with van der Waals surface area (Å²) in [5.74, 6) is 0. The molecule has 0 heterocycles. The van der Waals surface area contributed by atoms with E-state index in [0.29, 0.717) is 0 Å². The van der Waals surface area contributed by atoms with Crippen LogP contribution in [0.5, 0.6) is 0 Å². The van der Waals surface area contributed by atoms with Crippen LogP contribution in [0.25, 0.3) is 0 Å². The van der Waals surface area contributed by atoms with Crippen molar-refractivity contribution < 1.29 is 9.47 Å². The van der Waals surface area contributed by atoms with Crippen LogP contribution in [0.4, 0.5) is 0 Å². The summed E-state index contributed by atoms with van der Waals surface area (Å²) in [7, 11) is 0. The highest BCUT2D eigenvalue weighted by molar-refractivity contribution is 4.76. The monoisotopic (exact) mass is 440 g/mol. The highest BCUT2D eigenvalue weighted by Gasteiger charge is 2.26. The van der Waals surface area contributed by atoms with Crippen LogP contribution in [0.1, 0.15) is 156 Å². The molecular formula is C29H60O2. The van der Waals surface area contributed by atoms with Gasteiger partial charge in [0.15, 0.2) is 0 Å². The van der Waals surface area contributed by atoms with Crippen molar-refractivity contribution in [2.75, 3.05) is 26.4 Å². The summed E-state index contributed by atoms with van der Waals surface area (Å²) in [5.41, 5.74) is 0.221. The molecule has 0 bridgehead atoms. The number of rotatable bonds is 26. The van der Waals surface area contributed by atoms with Gasteiger partial charge in [-0.3, -0.25) is 0 Å².